The first-order valence-corrected chi connectivity index (χ1v) is 10.2. The van der Waals surface area contributed by atoms with Gasteiger partial charge in [0.05, 0.1) is 0 Å². The van der Waals surface area contributed by atoms with Crippen molar-refractivity contribution in [3.8, 4) is 0 Å². The summed E-state index contributed by atoms with van der Waals surface area (Å²) in [5.74, 6) is 2.31. The lowest BCUT2D eigenvalue weighted by Gasteiger charge is -2.22. The third-order valence-corrected chi connectivity index (χ3v) is 7.09. The van der Waals surface area contributed by atoms with Crippen LogP contribution in [0.1, 0.15) is 56.6 Å². The highest BCUT2D eigenvalue weighted by molar-refractivity contribution is 5.73. The number of fused-ring (bicyclic) bond motifs is 1. The van der Waals surface area contributed by atoms with Gasteiger partial charge in [-0.15, -0.1) is 0 Å². The average Bonchev–Trinajstić information content (AvgIpc) is 3.29. The minimum atomic E-state index is 0.250. The van der Waals surface area contributed by atoms with Crippen LogP contribution in [0.25, 0.3) is 0 Å². The Morgan fingerprint density at radius 1 is 1.12 bits per heavy atom. The van der Waals surface area contributed by atoms with E-state index in [1.165, 1.54) is 56.3 Å². The maximum atomic E-state index is 11.7. The van der Waals surface area contributed by atoms with E-state index >= 15 is 0 Å². The van der Waals surface area contributed by atoms with Crippen LogP contribution in [-0.4, -0.2) is 47.9 Å². The van der Waals surface area contributed by atoms with Crippen LogP contribution in [0.5, 0.6) is 0 Å². The summed E-state index contributed by atoms with van der Waals surface area (Å²) in [6.07, 6.45) is 6.47. The summed E-state index contributed by atoms with van der Waals surface area (Å²) in [5, 5.41) is 0. The number of hydrogen-bond donors (Lipinski definition) is 0. The molecule has 3 heteroatoms. The van der Waals surface area contributed by atoms with Crippen LogP contribution < -0.4 is 0 Å². The molecular formula is C22H32N2O. The van der Waals surface area contributed by atoms with Crippen molar-refractivity contribution in [1.29, 1.82) is 0 Å². The van der Waals surface area contributed by atoms with Crippen LogP contribution in [0.15, 0.2) is 24.3 Å². The fourth-order valence-corrected chi connectivity index (χ4v) is 5.47. The van der Waals surface area contributed by atoms with E-state index < -0.39 is 0 Å². The fourth-order valence-electron chi connectivity index (χ4n) is 5.47. The molecule has 3 nitrogen and oxygen atoms in total. The average molecular weight is 341 g/mol. The summed E-state index contributed by atoms with van der Waals surface area (Å²) < 4.78 is 0. The van der Waals surface area contributed by atoms with Crippen LogP contribution in [0, 0.1) is 11.8 Å². The first-order chi connectivity index (χ1) is 12.1. The molecule has 0 radical (unpaired) electrons. The monoisotopic (exact) mass is 340 g/mol. The molecule has 1 aromatic carbocycles. The van der Waals surface area contributed by atoms with Crippen LogP contribution in [0.2, 0.25) is 0 Å². The standard InChI is InChI=1S/C22H32N2O/c1-16-4-3-12-23(16)13-11-18-5-7-19(8-6-18)21-10-9-20-14-24(17(2)25)15-22(20)21/h5-8,16,20-22H,3-4,9-15H2,1-2H3/t16-,20-,21+,22+/m1/s1. The zero-order valence-corrected chi connectivity index (χ0v) is 15.8. The number of carbonyl (C=O) groups excluding carboxylic acids is 1. The van der Waals surface area contributed by atoms with Gasteiger partial charge in [-0.25, -0.2) is 0 Å². The molecule has 25 heavy (non-hydrogen) atoms. The van der Waals surface area contributed by atoms with Crippen molar-refractivity contribution in [3.63, 3.8) is 0 Å². The van der Waals surface area contributed by atoms with Crippen LogP contribution in [0.4, 0.5) is 0 Å². The lowest BCUT2D eigenvalue weighted by Crippen LogP contribution is -2.28. The second kappa shape index (κ2) is 7.11. The van der Waals surface area contributed by atoms with Gasteiger partial charge in [-0.3, -0.25) is 4.79 Å². The van der Waals surface area contributed by atoms with Crippen molar-refractivity contribution in [2.24, 2.45) is 11.8 Å². The molecule has 0 aromatic heterocycles. The first-order valence-electron chi connectivity index (χ1n) is 10.2. The van der Waals surface area contributed by atoms with E-state index in [0.717, 1.165) is 25.0 Å². The molecule has 0 N–H and O–H groups in total. The summed E-state index contributed by atoms with van der Waals surface area (Å²) >= 11 is 0. The second-order valence-corrected chi connectivity index (χ2v) is 8.55. The summed E-state index contributed by atoms with van der Waals surface area (Å²) in [5.41, 5.74) is 2.96. The molecule has 1 aromatic rings. The SMILES string of the molecule is CC(=O)N1C[C@H]2CC[C@@H](c3ccc(CCN4CCC[C@H]4C)cc3)[C@H]2C1. The summed E-state index contributed by atoms with van der Waals surface area (Å²) in [6.45, 7) is 8.51. The van der Waals surface area contributed by atoms with Crippen molar-refractivity contribution < 1.29 is 4.79 Å². The molecule has 0 bridgehead atoms. The third kappa shape index (κ3) is 3.48. The molecule has 1 saturated carbocycles. The van der Waals surface area contributed by atoms with Gasteiger partial charge in [-0.05, 0) is 74.5 Å². The Labute approximate surface area is 152 Å². The topological polar surface area (TPSA) is 23.6 Å². The minimum Gasteiger partial charge on any atom is -0.342 e. The number of likely N-dealkylation sites (tertiary alicyclic amines) is 2. The lowest BCUT2D eigenvalue weighted by atomic mass is 9.86. The highest BCUT2D eigenvalue weighted by atomic mass is 16.2. The molecule has 2 aliphatic heterocycles. The van der Waals surface area contributed by atoms with Gasteiger partial charge in [0.2, 0.25) is 5.91 Å². The van der Waals surface area contributed by atoms with Gasteiger partial charge < -0.3 is 9.80 Å². The normalized spacial score (nSPS) is 32.3. The van der Waals surface area contributed by atoms with Gasteiger partial charge in [0.25, 0.3) is 0 Å². The predicted octanol–water partition coefficient (Wildman–Crippen LogP) is 3.69. The maximum Gasteiger partial charge on any atom is 0.219 e. The van der Waals surface area contributed by atoms with Gasteiger partial charge in [-0.1, -0.05) is 24.3 Å². The third-order valence-electron chi connectivity index (χ3n) is 7.09. The fraction of sp³-hybridized carbons (Fsp3) is 0.682. The van der Waals surface area contributed by atoms with E-state index in [1.54, 1.807) is 6.92 Å². The quantitative estimate of drug-likeness (QED) is 0.835. The van der Waals surface area contributed by atoms with Gasteiger partial charge in [0.1, 0.15) is 0 Å². The van der Waals surface area contributed by atoms with E-state index in [4.69, 9.17) is 0 Å². The highest BCUT2D eigenvalue weighted by Crippen LogP contribution is 2.47. The Hall–Kier alpha value is -1.35. The number of rotatable bonds is 4. The Morgan fingerprint density at radius 2 is 1.92 bits per heavy atom. The zero-order valence-electron chi connectivity index (χ0n) is 15.8. The Morgan fingerprint density at radius 3 is 2.60 bits per heavy atom. The molecule has 2 heterocycles. The Bertz CT molecular complexity index is 611. The Kier molecular flexibility index (Phi) is 4.86. The van der Waals surface area contributed by atoms with Gasteiger partial charge >= 0.3 is 0 Å². The largest absolute Gasteiger partial charge is 0.342 e. The maximum absolute atomic E-state index is 11.7. The molecular weight excluding hydrogens is 308 g/mol. The Balaban J connectivity index is 1.36. The van der Waals surface area contributed by atoms with Gasteiger partial charge in [0, 0.05) is 32.6 Å². The molecule has 0 unspecified atom stereocenters. The van der Waals surface area contributed by atoms with Gasteiger partial charge in [-0.2, -0.15) is 0 Å². The number of hydrogen-bond acceptors (Lipinski definition) is 2. The number of benzene rings is 1. The molecule has 1 amide bonds. The van der Waals surface area contributed by atoms with Crippen molar-refractivity contribution >= 4 is 5.91 Å². The number of amides is 1. The van der Waals surface area contributed by atoms with Crippen molar-refractivity contribution in [3.05, 3.63) is 35.4 Å². The smallest absolute Gasteiger partial charge is 0.219 e. The first kappa shape index (κ1) is 17.1. The molecule has 1 aliphatic carbocycles. The highest BCUT2D eigenvalue weighted by Gasteiger charge is 2.43. The van der Waals surface area contributed by atoms with Crippen molar-refractivity contribution in [1.82, 2.24) is 9.80 Å². The van der Waals surface area contributed by atoms with Crippen LogP contribution >= 0.6 is 0 Å². The van der Waals surface area contributed by atoms with E-state index in [9.17, 15) is 4.79 Å². The van der Waals surface area contributed by atoms with E-state index in [-0.39, 0.29) is 5.91 Å². The second-order valence-electron chi connectivity index (χ2n) is 8.55. The molecule has 136 valence electrons. The molecule has 3 fully saturated rings. The lowest BCUT2D eigenvalue weighted by molar-refractivity contribution is -0.128. The van der Waals surface area contributed by atoms with Crippen LogP contribution in [-0.2, 0) is 11.2 Å². The predicted molar refractivity (Wildman–Crippen MR) is 102 cm³/mol. The van der Waals surface area contributed by atoms with Gasteiger partial charge in [0.15, 0.2) is 0 Å². The molecule has 3 aliphatic rings. The number of nitrogens with zero attached hydrogens (tertiary/aromatic N) is 2. The minimum absolute atomic E-state index is 0.250. The summed E-state index contributed by atoms with van der Waals surface area (Å²) in [7, 11) is 0. The zero-order chi connectivity index (χ0) is 17.4. The van der Waals surface area contributed by atoms with Crippen molar-refractivity contribution in [2.45, 2.75) is 57.9 Å². The van der Waals surface area contributed by atoms with E-state index in [0.29, 0.717) is 11.8 Å². The van der Waals surface area contributed by atoms with Crippen LogP contribution in [0.3, 0.4) is 0 Å². The molecule has 4 atom stereocenters. The molecule has 4 rings (SSSR count). The molecule has 0 spiro atoms. The van der Waals surface area contributed by atoms with E-state index in [2.05, 4.69) is 41.0 Å². The van der Waals surface area contributed by atoms with E-state index in [1.807, 2.05) is 0 Å². The molecule has 2 saturated heterocycles. The number of carbonyl (C=O) groups is 1. The summed E-state index contributed by atoms with van der Waals surface area (Å²) in [6, 6.07) is 10.2. The summed E-state index contributed by atoms with van der Waals surface area (Å²) in [4.78, 5) is 16.4. The van der Waals surface area contributed by atoms with Crippen molar-refractivity contribution in [2.75, 3.05) is 26.2 Å².